The Morgan fingerprint density at radius 1 is 1.36 bits per heavy atom. The van der Waals surface area contributed by atoms with Gasteiger partial charge in [-0.1, -0.05) is 18.2 Å². The highest BCUT2D eigenvalue weighted by Crippen LogP contribution is 2.05. The van der Waals surface area contributed by atoms with E-state index in [1.165, 1.54) is 0 Å². The molecule has 0 radical (unpaired) electrons. The van der Waals surface area contributed by atoms with E-state index in [1.807, 2.05) is 30.3 Å². The fourth-order valence-corrected chi connectivity index (χ4v) is 0.996. The Balaban J connectivity index is 2.49. The lowest BCUT2D eigenvalue weighted by molar-refractivity contribution is -0.130. The number of hydrogen-bond acceptors (Lipinski definition) is 3. The van der Waals surface area contributed by atoms with Gasteiger partial charge in [-0.2, -0.15) is 0 Å². The number of hydroxylamine groups is 1. The molecule has 4 nitrogen and oxygen atoms in total. The van der Waals surface area contributed by atoms with E-state index in [-0.39, 0.29) is 5.91 Å². The number of rotatable bonds is 4. The summed E-state index contributed by atoms with van der Waals surface area (Å²) in [7, 11) is 1.62. The van der Waals surface area contributed by atoms with Gasteiger partial charge < -0.3 is 5.32 Å². The van der Waals surface area contributed by atoms with Gasteiger partial charge in [-0.3, -0.25) is 9.63 Å². The summed E-state index contributed by atoms with van der Waals surface area (Å²) in [6.45, 7) is 1.68. The smallest absolute Gasteiger partial charge is 0.255 e. The molecule has 0 aliphatic heterocycles. The van der Waals surface area contributed by atoms with Crippen LogP contribution in [0.1, 0.15) is 6.92 Å². The summed E-state index contributed by atoms with van der Waals surface area (Å²) in [5, 5.41) is 2.72. The molecule has 0 bridgehead atoms. The van der Waals surface area contributed by atoms with Crippen LogP contribution in [-0.4, -0.2) is 19.1 Å². The molecule has 0 spiro atoms. The zero-order valence-electron chi connectivity index (χ0n) is 8.28. The van der Waals surface area contributed by atoms with Crippen molar-refractivity contribution in [2.75, 3.05) is 12.4 Å². The van der Waals surface area contributed by atoms with Crippen LogP contribution in [0.5, 0.6) is 0 Å². The van der Waals surface area contributed by atoms with E-state index in [2.05, 4.69) is 10.8 Å². The van der Waals surface area contributed by atoms with Crippen LogP contribution in [0.25, 0.3) is 0 Å². The van der Waals surface area contributed by atoms with Crippen molar-refractivity contribution in [2.45, 2.75) is 13.0 Å². The monoisotopic (exact) mass is 194 g/mol. The standard InChI is InChI=1S/C10H14N2O2/c1-8(14-11-2)10(13)12-9-6-4-3-5-7-9/h3-8,11H,1-2H3,(H,12,13). The number of benzene rings is 1. The number of amides is 1. The topological polar surface area (TPSA) is 50.4 Å². The van der Waals surface area contributed by atoms with Crippen molar-refractivity contribution >= 4 is 11.6 Å². The molecule has 0 aromatic heterocycles. The molecular weight excluding hydrogens is 180 g/mol. The summed E-state index contributed by atoms with van der Waals surface area (Å²) >= 11 is 0. The molecule has 1 rings (SSSR count). The number of nitrogens with one attached hydrogen (secondary N) is 2. The predicted octanol–water partition coefficient (Wildman–Crippen LogP) is 1.16. The highest BCUT2D eigenvalue weighted by molar-refractivity contribution is 5.93. The lowest BCUT2D eigenvalue weighted by Gasteiger charge is -2.11. The maximum absolute atomic E-state index is 11.4. The van der Waals surface area contributed by atoms with Gasteiger partial charge in [0.25, 0.3) is 5.91 Å². The molecule has 0 fully saturated rings. The van der Waals surface area contributed by atoms with Gasteiger partial charge in [-0.15, -0.1) is 0 Å². The Morgan fingerprint density at radius 3 is 2.57 bits per heavy atom. The molecule has 0 aliphatic rings. The summed E-state index contributed by atoms with van der Waals surface area (Å²) < 4.78 is 0. The molecule has 0 aliphatic carbocycles. The molecule has 0 saturated heterocycles. The average molecular weight is 194 g/mol. The number of anilines is 1. The molecule has 1 atom stereocenters. The van der Waals surface area contributed by atoms with Crippen LogP contribution in [-0.2, 0) is 9.63 Å². The number of carbonyl (C=O) groups excluding carboxylic acids is 1. The number of hydrogen-bond donors (Lipinski definition) is 2. The average Bonchev–Trinajstić information content (AvgIpc) is 2.19. The van der Waals surface area contributed by atoms with Crippen molar-refractivity contribution in [1.82, 2.24) is 5.48 Å². The first-order valence-corrected chi connectivity index (χ1v) is 4.42. The van der Waals surface area contributed by atoms with Crippen LogP contribution in [0.4, 0.5) is 5.69 Å². The van der Waals surface area contributed by atoms with Crippen molar-refractivity contribution in [3.63, 3.8) is 0 Å². The third-order valence-corrected chi connectivity index (χ3v) is 1.71. The summed E-state index contributed by atoms with van der Waals surface area (Å²) in [5.74, 6) is -0.175. The SMILES string of the molecule is CNOC(C)C(=O)Nc1ccccc1. The fourth-order valence-electron chi connectivity index (χ4n) is 0.996. The molecule has 14 heavy (non-hydrogen) atoms. The highest BCUT2D eigenvalue weighted by Gasteiger charge is 2.12. The van der Waals surface area contributed by atoms with E-state index in [1.54, 1.807) is 14.0 Å². The Kier molecular flexibility index (Phi) is 4.10. The Hall–Kier alpha value is -1.39. The quantitative estimate of drug-likeness (QED) is 0.707. The third kappa shape index (κ3) is 3.16. The van der Waals surface area contributed by atoms with Gasteiger partial charge in [-0.05, 0) is 19.1 Å². The maximum Gasteiger partial charge on any atom is 0.255 e. The summed E-state index contributed by atoms with van der Waals surface area (Å²) in [6.07, 6.45) is -0.514. The molecule has 1 aromatic carbocycles. The Labute approximate surface area is 83.2 Å². The van der Waals surface area contributed by atoms with Crippen LogP contribution in [0.15, 0.2) is 30.3 Å². The van der Waals surface area contributed by atoms with E-state index in [0.29, 0.717) is 0 Å². The van der Waals surface area contributed by atoms with E-state index in [4.69, 9.17) is 4.84 Å². The van der Waals surface area contributed by atoms with Gasteiger partial charge in [0.05, 0.1) is 0 Å². The second-order valence-corrected chi connectivity index (χ2v) is 2.82. The lowest BCUT2D eigenvalue weighted by Crippen LogP contribution is -2.31. The van der Waals surface area contributed by atoms with Crippen molar-refractivity contribution in [3.05, 3.63) is 30.3 Å². The molecule has 1 amide bonds. The van der Waals surface area contributed by atoms with Crippen molar-refractivity contribution in [2.24, 2.45) is 0 Å². The lowest BCUT2D eigenvalue weighted by atomic mass is 10.3. The second kappa shape index (κ2) is 5.36. The summed E-state index contributed by atoms with van der Waals surface area (Å²) in [5.41, 5.74) is 3.24. The van der Waals surface area contributed by atoms with Crippen LogP contribution < -0.4 is 10.8 Å². The molecule has 76 valence electrons. The minimum Gasteiger partial charge on any atom is -0.324 e. The van der Waals surface area contributed by atoms with Crippen LogP contribution in [0.2, 0.25) is 0 Å². The van der Waals surface area contributed by atoms with Crippen molar-refractivity contribution in [1.29, 1.82) is 0 Å². The van der Waals surface area contributed by atoms with Crippen LogP contribution in [0, 0.1) is 0 Å². The molecular formula is C10H14N2O2. The largest absolute Gasteiger partial charge is 0.324 e. The number of para-hydroxylation sites is 1. The summed E-state index contributed by atoms with van der Waals surface area (Å²) in [6, 6.07) is 9.26. The third-order valence-electron chi connectivity index (χ3n) is 1.71. The Morgan fingerprint density at radius 2 is 2.00 bits per heavy atom. The van der Waals surface area contributed by atoms with E-state index < -0.39 is 6.10 Å². The van der Waals surface area contributed by atoms with Gasteiger partial charge in [0.1, 0.15) is 0 Å². The van der Waals surface area contributed by atoms with E-state index >= 15 is 0 Å². The Bertz CT molecular complexity index is 287. The first-order valence-electron chi connectivity index (χ1n) is 4.42. The molecule has 1 unspecified atom stereocenters. The van der Waals surface area contributed by atoms with Gasteiger partial charge in [-0.25, -0.2) is 5.48 Å². The van der Waals surface area contributed by atoms with Gasteiger partial charge in [0.2, 0.25) is 0 Å². The normalized spacial score (nSPS) is 12.1. The zero-order chi connectivity index (χ0) is 10.4. The molecule has 1 aromatic rings. The minimum absolute atomic E-state index is 0.175. The van der Waals surface area contributed by atoms with Crippen molar-refractivity contribution < 1.29 is 9.63 Å². The van der Waals surface area contributed by atoms with Gasteiger partial charge in [0, 0.05) is 12.7 Å². The zero-order valence-corrected chi connectivity index (χ0v) is 8.28. The van der Waals surface area contributed by atoms with E-state index in [9.17, 15) is 4.79 Å². The number of carbonyl (C=O) groups is 1. The van der Waals surface area contributed by atoms with Crippen molar-refractivity contribution in [3.8, 4) is 0 Å². The minimum atomic E-state index is -0.514. The van der Waals surface area contributed by atoms with Crippen LogP contribution in [0.3, 0.4) is 0 Å². The molecule has 4 heteroatoms. The highest BCUT2D eigenvalue weighted by atomic mass is 16.7. The maximum atomic E-state index is 11.4. The first kappa shape index (κ1) is 10.7. The summed E-state index contributed by atoms with van der Waals surface area (Å²) in [4.78, 5) is 16.3. The molecule has 0 heterocycles. The van der Waals surface area contributed by atoms with Crippen LogP contribution >= 0.6 is 0 Å². The second-order valence-electron chi connectivity index (χ2n) is 2.82. The van der Waals surface area contributed by atoms with E-state index in [0.717, 1.165) is 5.69 Å². The van der Waals surface area contributed by atoms with Gasteiger partial charge in [0.15, 0.2) is 6.10 Å². The molecule has 0 saturated carbocycles. The molecule has 2 N–H and O–H groups in total. The first-order chi connectivity index (χ1) is 6.74. The van der Waals surface area contributed by atoms with Gasteiger partial charge >= 0.3 is 0 Å². The fraction of sp³-hybridized carbons (Fsp3) is 0.300. The predicted molar refractivity (Wildman–Crippen MR) is 54.7 cm³/mol.